The van der Waals surface area contributed by atoms with Crippen LogP contribution in [0.3, 0.4) is 0 Å². The number of benzene rings is 1. The van der Waals surface area contributed by atoms with Crippen LogP contribution in [0.2, 0.25) is 5.02 Å². The zero-order chi connectivity index (χ0) is 8.39. The zero-order valence-electron chi connectivity index (χ0n) is 6.63. The van der Waals surface area contributed by atoms with Crippen LogP contribution in [0.15, 0.2) is 30.4 Å². The van der Waals surface area contributed by atoms with Crippen LogP contribution >= 0.6 is 11.6 Å². The highest BCUT2D eigenvalue weighted by Crippen LogP contribution is 2.25. The third-order valence-corrected chi connectivity index (χ3v) is 2.25. The Balaban J connectivity index is 2.27. The van der Waals surface area contributed by atoms with Gasteiger partial charge < -0.3 is 4.90 Å². The van der Waals surface area contributed by atoms with E-state index >= 15 is 0 Å². The molecular weight excluding hydrogens is 170 g/mol. The van der Waals surface area contributed by atoms with Crippen molar-refractivity contribution in [3.05, 3.63) is 41.4 Å². The SMILES string of the molecule is Clc1c[c]ccc1N1CC=CC1. The third kappa shape index (κ3) is 1.32. The predicted octanol–water partition coefficient (Wildman–Crippen LogP) is 2.52. The minimum absolute atomic E-state index is 0.779. The van der Waals surface area contributed by atoms with Gasteiger partial charge in [0, 0.05) is 13.1 Å². The normalized spacial score (nSPS) is 15.6. The first-order valence-corrected chi connectivity index (χ1v) is 4.31. The van der Waals surface area contributed by atoms with Gasteiger partial charge in [-0.1, -0.05) is 29.8 Å². The van der Waals surface area contributed by atoms with Gasteiger partial charge >= 0.3 is 0 Å². The number of halogens is 1. The van der Waals surface area contributed by atoms with Crippen LogP contribution in [-0.4, -0.2) is 13.1 Å². The Labute approximate surface area is 77.3 Å². The smallest absolute Gasteiger partial charge is 0.0645 e. The zero-order valence-corrected chi connectivity index (χ0v) is 7.38. The average molecular weight is 179 g/mol. The molecule has 2 heteroatoms. The van der Waals surface area contributed by atoms with Gasteiger partial charge in [-0.15, -0.1) is 0 Å². The Bertz CT molecular complexity index is 298. The van der Waals surface area contributed by atoms with E-state index in [2.05, 4.69) is 23.1 Å². The van der Waals surface area contributed by atoms with Crippen LogP contribution in [0.25, 0.3) is 0 Å². The molecule has 0 N–H and O–H groups in total. The van der Waals surface area contributed by atoms with Crippen molar-refractivity contribution < 1.29 is 0 Å². The predicted molar refractivity (Wildman–Crippen MR) is 51.6 cm³/mol. The van der Waals surface area contributed by atoms with E-state index in [9.17, 15) is 0 Å². The lowest BCUT2D eigenvalue weighted by atomic mass is 10.3. The highest BCUT2D eigenvalue weighted by atomic mass is 35.5. The Morgan fingerprint density at radius 2 is 2.08 bits per heavy atom. The van der Waals surface area contributed by atoms with E-state index in [1.165, 1.54) is 0 Å². The van der Waals surface area contributed by atoms with Gasteiger partial charge in [-0.25, -0.2) is 0 Å². The van der Waals surface area contributed by atoms with Crippen molar-refractivity contribution in [2.24, 2.45) is 0 Å². The number of hydrogen-bond donors (Lipinski definition) is 0. The Hall–Kier alpha value is -0.950. The molecule has 0 fully saturated rings. The summed E-state index contributed by atoms with van der Waals surface area (Å²) >= 11 is 6.00. The molecule has 1 nitrogen and oxygen atoms in total. The van der Waals surface area contributed by atoms with Gasteiger partial charge in [0.2, 0.25) is 0 Å². The first-order valence-electron chi connectivity index (χ1n) is 3.93. The molecule has 1 aliphatic rings. The summed E-state index contributed by atoms with van der Waals surface area (Å²) in [5.41, 5.74) is 1.10. The molecule has 1 radical (unpaired) electrons. The molecule has 0 bridgehead atoms. The standard InChI is InChI=1S/C10H9ClN/c11-9-5-1-2-6-10(9)12-7-3-4-8-12/h2-6H,7-8H2. The molecule has 1 aliphatic heterocycles. The molecule has 0 unspecified atom stereocenters. The fourth-order valence-electron chi connectivity index (χ4n) is 1.33. The van der Waals surface area contributed by atoms with Gasteiger partial charge in [0.25, 0.3) is 0 Å². The lowest BCUT2D eigenvalue weighted by molar-refractivity contribution is 1.01. The maximum Gasteiger partial charge on any atom is 0.0645 e. The van der Waals surface area contributed by atoms with Crippen molar-refractivity contribution in [3.63, 3.8) is 0 Å². The van der Waals surface area contributed by atoms with E-state index in [4.69, 9.17) is 11.6 Å². The molecule has 0 spiro atoms. The first kappa shape index (κ1) is 7.69. The highest BCUT2D eigenvalue weighted by Gasteiger charge is 2.09. The fourth-order valence-corrected chi connectivity index (χ4v) is 1.58. The Morgan fingerprint density at radius 1 is 1.33 bits per heavy atom. The van der Waals surface area contributed by atoms with Crippen molar-refractivity contribution in [2.45, 2.75) is 0 Å². The van der Waals surface area contributed by atoms with Crippen LogP contribution in [0.5, 0.6) is 0 Å². The van der Waals surface area contributed by atoms with E-state index in [0.29, 0.717) is 0 Å². The molecule has 1 aromatic carbocycles. The van der Waals surface area contributed by atoms with Crippen molar-refractivity contribution in [3.8, 4) is 0 Å². The molecule has 0 aromatic heterocycles. The molecule has 0 saturated heterocycles. The minimum Gasteiger partial charge on any atom is -0.363 e. The summed E-state index contributed by atoms with van der Waals surface area (Å²) in [5.74, 6) is 0. The molecule has 0 atom stereocenters. The molecule has 12 heavy (non-hydrogen) atoms. The molecule has 1 aromatic rings. The minimum atomic E-state index is 0.779. The molecule has 0 amide bonds. The Morgan fingerprint density at radius 3 is 2.75 bits per heavy atom. The van der Waals surface area contributed by atoms with Crippen molar-refractivity contribution >= 4 is 17.3 Å². The van der Waals surface area contributed by atoms with Gasteiger partial charge in [0.15, 0.2) is 0 Å². The summed E-state index contributed by atoms with van der Waals surface area (Å²) in [6.07, 6.45) is 4.29. The van der Waals surface area contributed by atoms with E-state index in [-0.39, 0.29) is 0 Å². The fraction of sp³-hybridized carbons (Fsp3) is 0.200. The lowest BCUT2D eigenvalue weighted by Gasteiger charge is -2.18. The van der Waals surface area contributed by atoms with Gasteiger partial charge in [0.05, 0.1) is 10.7 Å². The number of rotatable bonds is 1. The van der Waals surface area contributed by atoms with Gasteiger partial charge in [0.1, 0.15) is 0 Å². The molecule has 61 valence electrons. The summed E-state index contributed by atoms with van der Waals surface area (Å²) in [5, 5.41) is 0.779. The highest BCUT2D eigenvalue weighted by molar-refractivity contribution is 6.33. The topological polar surface area (TPSA) is 3.24 Å². The van der Waals surface area contributed by atoms with Gasteiger partial charge in [-0.05, 0) is 18.2 Å². The molecule has 0 aliphatic carbocycles. The summed E-state index contributed by atoms with van der Waals surface area (Å²) < 4.78 is 0. The first-order chi connectivity index (χ1) is 5.88. The summed E-state index contributed by atoms with van der Waals surface area (Å²) in [7, 11) is 0. The van der Waals surface area contributed by atoms with Crippen LogP contribution in [0.4, 0.5) is 5.69 Å². The number of hydrogen-bond acceptors (Lipinski definition) is 1. The molecule has 2 rings (SSSR count). The molecular formula is C10H9ClN. The second kappa shape index (κ2) is 3.20. The van der Waals surface area contributed by atoms with Crippen LogP contribution in [-0.2, 0) is 0 Å². The largest absolute Gasteiger partial charge is 0.363 e. The second-order valence-electron chi connectivity index (χ2n) is 2.75. The lowest BCUT2D eigenvalue weighted by Crippen LogP contribution is -2.18. The quantitative estimate of drug-likeness (QED) is 0.598. The maximum atomic E-state index is 6.00. The average Bonchev–Trinajstić information content (AvgIpc) is 2.57. The van der Waals surface area contributed by atoms with E-state index in [0.717, 1.165) is 23.8 Å². The summed E-state index contributed by atoms with van der Waals surface area (Å²) in [6.45, 7) is 1.92. The second-order valence-corrected chi connectivity index (χ2v) is 3.16. The van der Waals surface area contributed by atoms with Crippen LogP contribution in [0.1, 0.15) is 0 Å². The maximum absolute atomic E-state index is 6.00. The van der Waals surface area contributed by atoms with Crippen molar-refractivity contribution in [1.82, 2.24) is 0 Å². The van der Waals surface area contributed by atoms with Gasteiger partial charge in [-0.3, -0.25) is 0 Å². The van der Waals surface area contributed by atoms with Crippen LogP contribution in [0, 0.1) is 6.07 Å². The Kier molecular flexibility index (Phi) is 2.05. The van der Waals surface area contributed by atoms with E-state index in [1.54, 1.807) is 6.07 Å². The van der Waals surface area contributed by atoms with Gasteiger partial charge in [-0.2, -0.15) is 0 Å². The monoisotopic (exact) mass is 178 g/mol. The summed E-state index contributed by atoms with van der Waals surface area (Å²) in [6, 6.07) is 8.63. The molecule has 0 saturated carbocycles. The van der Waals surface area contributed by atoms with Crippen LogP contribution < -0.4 is 4.90 Å². The van der Waals surface area contributed by atoms with E-state index < -0.39 is 0 Å². The number of nitrogens with zero attached hydrogens (tertiary/aromatic N) is 1. The van der Waals surface area contributed by atoms with Crippen molar-refractivity contribution in [1.29, 1.82) is 0 Å². The third-order valence-electron chi connectivity index (χ3n) is 1.95. The molecule has 1 heterocycles. The summed E-state index contributed by atoms with van der Waals surface area (Å²) in [4.78, 5) is 2.22. The van der Waals surface area contributed by atoms with Crippen molar-refractivity contribution in [2.75, 3.05) is 18.0 Å². The van der Waals surface area contributed by atoms with E-state index in [1.807, 2.05) is 12.1 Å². The number of anilines is 1.